The molecule has 0 bridgehead atoms. The van der Waals surface area contributed by atoms with Gasteiger partial charge in [-0.3, -0.25) is 0 Å². The summed E-state index contributed by atoms with van der Waals surface area (Å²) in [5.74, 6) is 0.924. The summed E-state index contributed by atoms with van der Waals surface area (Å²) in [6.45, 7) is 10.6. The number of anilines is 1. The maximum absolute atomic E-state index is 12.6. The van der Waals surface area contributed by atoms with Crippen LogP contribution in [-0.2, 0) is 21.5 Å². The van der Waals surface area contributed by atoms with E-state index in [9.17, 15) is 13.2 Å². The first-order chi connectivity index (χ1) is 14.4. The summed E-state index contributed by atoms with van der Waals surface area (Å²) in [6.07, 6.45) is 1.33. The van der Waals surface area contributed by atoms with Crippen molar-refractivity contribution in [2.75, 3.05) is 70.4 Å². The number of hydrogen-bond donors (Lipinski definition) is 1. The highest BCUT2D eigenvalue weighted by Gasteiger charge is 2.29. The van der Waals surface area contributed by atoms with Crippen LogP contribution in [0.2, 0.25) is 0 Å². The molecule has 0 aliphatic carbocycles. The summed E-state index contributed by atoms with van der Waals surface area (Å²) in [4.78, 5) is 22.4. The molecule has 1 amide bonds. The summed E-state index contributed by atoms with van der Waals surface area (Å²) in [5.41, 5.74) is 0.805. The molecule has 11 heteroatoms. The summed E-state index contributed by atoms with van der Waals surface area (Å²) in [6, 6.07) is 3.86. The fourth-order valence-electron chi connectivity index (χ4n) is 3.59. The number of pyridine rings is 1. The topological polar surface area (TPSA) is 98.3 Å². The molecular formula is C19H32N6O4S. The highest BCUT2D eigenvalue weighted by molar-refractivity contribution is 7.87. The molecular weight excluding hydrogens is 408 g/mol. The van der Waals surface area contributed by atoms with Crippen LogP contribution in [0.5, 0.6) is 0 Å². The Morgan fingerprint density at radius 2 is 1.77 bits per heavy atom. The van der Waals surface area contributed by atoms with Crippen LogP contribution in [0.15, 0.2) is 18.3 Å². The van der Waals surface area contributed by atoms with Crippen molar-refractivity contribution >= 4 is 22.1 Å². The number of carbonyl (C=O) groups is 1. The van der Waals surface area contributed by atoms with E-state index < -0.39 is 16.3 Å². The van der Waals surface area contributed by atoms with Gasteiger partial charge in [-0.1, -0.05) is 13.0 Å². The van der Waals surface area contributed by atoms with E-state index in [-0.39, 0.29) is 19.6 Å². The molecule has 2 aliphatic rings. The first kappa shape index (κ1) is 22.7. The maximum atomic E-state index is 12.6. The molecule has 1 aromatic heterocycles. The van der Waals surface area contributed by atoms with Gasteiger partial charge in [0, 0.05) is 65.1 Å². The third-order valence-electron chi connectivity index (χ3n) is 5.52. The molecule has 30 heavy (non-hydrogen) atoms. The Morgan fingerprint density at radius 3 is 2.33 bits per heavy atom. The lowest BCUT2D eigenvalue weighted by Crippen LogP contribution is -2.53. The highest BCUT2D eigenvalue weighted by atomic mass is 32.2. The quantitative estimate of drug-likeness (QED) is 0.653. The van der Waals surface area contributed by atoms with Crippen molar-refractivity contribution in [3.8, 4) is 0 Å². The van der Waals surface area contributed by atoms with Crippen molar-refractivity contribution in [1.29, 1.82) is 0 Å². The van der Waals surface area contributed by atoms with Gasteiger partial charge in [0.05, 0.1) is 6.61 Å². The third-order valence-corrected chi connectivity index (χ3v) is 7.07. The molecule has 2 fully saturated rings. The monoisotopic (exact) mass is 440 g/mol. The number of ether oxygens (including phenoxy) is 1. The number of aromatic nitrogens is 1. The molecule has 3 heterocycles. The Bertz CT molecular complexity index is 788. The zero-order valence-corrected chi connectivity index (χ0v) is 18.6. The molecule has 1 aromatic rings. The number of nitrogens with one attached hydrogen (secondary N) is 1. The minimum Gasteiger partial charge on any atom is -0.450 e. The van der Waals surface area contributed by atoms with Gasteiger partial charge in [0.2, 0.25) is 0 Å². The second kappa shape index (κ2) is 10.4. The first-order valence-electron chi connectivity index (χ1n) is 10.5. The van der Waals surface area contributed by atoms with Gasteiger partial charge in [-0.05, 0) is 25.1 Å². The average Bonchev–Trinajstić information content (AvgIpc) is 2.78. The number of amides is 1. The number of rotatable bonds is 7. The molecule has 168 valence electrons. The minimum absolute atomic E-state index is 0.178. The first-order valence-corrected chi connectivity index (χ1v) is 12.0. The van der Waals surface area contributed by atoms with Crippen molar-refractivity contribution in [3.63, 3.8) is 0 Å². The van der Waals surface area contributed by atoms with Crippen molar-refractivity contribution in [3.05, 3.63) is 23.9 Å². The standard InChI is InChI=1S/C19H32N6O4S/c1-3-22-7-9-23(10-8-22)18-6-5-17(15-20-18)16-21-30(27,28)25-13-11-24(12-14-25)19(26)29-4-2/h5-6,15,21H,3-4,7-14,16H2,1-2H3. The number of piperazine rings is 2. The molecule has 0 radical (unpaired) electrons. The van der Waals surface area contributed by atoms with Crippen molar-refractivity contribution in [2.24, 2.45) is 0 Å². The van der Waals surface area contributed by atoms with E-state index in [4.69, 9.17) is 4.74 Å². The Kier molecular flexibility index (Phi) is 7.87. The lowest BCUT2D eigenvalue weighted by Gasteiger charge is -2.34. The normalized spacial score (nSPS) is 19.1. The minimum atomic E-state index is -3.62. The lowest BCUT2D eigenvalue weighted by molar-refractivity contribution is 0.0932. The summed E-state index contributed by atoms with van der Waals surface area (Å²) < 4.78 is 34.1. The van der Waals surface area contributed by atoms with Crippen LogP contribution in [0.1, 0.15) is 19.4 Å². The van der Waals surface area contributed by atoms with E-state index >= 15 is 0 Å². The smallest absolute Gasteiger partial charge is 0.409 e. The molecule has 0 unspecified atom stereocenters. The van der Waals surface area contributed by atoms with Gasteiger partial charge in [0.25, 0.3) is 10.2 Å². The second-order valence-electron chi connectivity index (χ2n) is 7.36. The van der Waals surface area contributed by atoms with E-state index in [1.165, 1.54) is 9.21 Å². The fraction of sp³-hybridized carbons (Fsp3) is 0.684. The van der Waals surface area contributed by atoms with E-state index in [0.717, 1.165) is 44.1 Å². The molecule has 0 atom stereocenters. The molecule has 0 spiro atoms. The molecule has 2 saturated heterocycles. The molecule has 0 saturated carbocycles. The molecule has 3 rings (SSSR count). The zero-order chi connectivity index (χ0) is 21.6. The second-order valence-corrected chi connectivity index (χ2v) is 9.11. The van der Waals surface area contributed by atoms with Crippen LogP contribution in [0.25, 0.3) is 0 Å². The van der Waals surface area contributed by atoms with E-state index in [0.29, 0.717) is 19.7 Å². The van der Waals surface area contributed by atoms with Crippen LogP contribution in [0, 0.1) is 0 Å². The number of likely N-dealkylation sites (N-methyl/N-ethyl adjacent to an activating group) is 1. The van der Waals surface area contributed by atoms with Gasteiger partial charge in [-0.2, -0.15) is 17.4 Å². The predicted molar refractivity (Wildman–Crippen MR) is 114 cm³/mol. The summed E-state index contributed by atoms with van der Waals surface area (Å²) >= 11 is 0. The van der Waals surface area contributed by atoms with Gasteiger partial charge < -0.3 is 19.4 Å². The summed E-state index contributed by atoms with van der Waals surface area (Å²) in [5, 5.41) is 0. The molecule has 2 aliphatic heterocycles. The molecule has 10 nitrogen and oxygen atoms in total. The van der Waals surface area contributed by atoms with E-state index in [2.05, 4.69) is 26.4 Å². The van der Waals surface area contributed by atoms with Gasteiger partial charge in [0.1, 0.15) is 5.82 Å². The van der Waals surface area contributed by atoms with Crippen LogP contribution in [-0.4, -0.2) is 99.1 Å². The lowest BCUT2D eigenvalue weighted by atomic mass is 10.2. The van der Waals surface area contributed by atoms with Crippen LogP contribution >= 0.6 is 0 Å². The van der Waals surface area contributed by atoms with Gasteiger partial charge >= 0.3 is 6.09 Å². The third kappa shape index (κ3) is 5.81. The van der Waals surface area contributed by atoms with Crippen LogP contribution in [0.4, 0.5) is 10.6 Å². The number of nitrogens with zero attached hydrogens (tertiary/aromatic N) is 5. The van der Waals surface area contributed by atoms with Gasteiger partial charge in [-0.25, -0.2) is 9.78 Å². The van der Waals surface area contributed by atoms with E-state index in [1.54, 1.807) is 13.1 Å². The van der Waals surface area contributed by atoms with Gasteiger partial charge in [-0.15, -0.1) is 0 Å². The SMILES string of the molecule is CCOC(=O)N1CCN(S(=O)(=O)NCc2ccc(N3CCN(CC)CC3)nc2)CC1. The van der Waals surface area contributed by atoms with Crippen LogP contribution in [0.3, 0.4) is 0 Å². The predicted octanol–water partition coefficient (Wildman–Crippen LogP) is 0.332. The number of hydrogen-bond acceptors (Lipinski definition) is 7. The zero-order valence-electron chi connectivity index (χ0n) is 17.8. The molecule has 1 N–H and O–H groups in total. The van der Waals surface area contributed by atoms with E-state index in [1.807, 2.05) is 12.1 Å². The summed E-state index contributed by atoms with van der Waals surface area (Å²) in [7, 11) is -3.62. The Balaban J connectivity index is 1.47. The largest absolute Gasteiger partial charge is 0.450 e. The van der Waals surface area contributed by atoms with Crippen molar-refractivity contribution in [1.82, 2.24) is 23.8 Å². The Hall–Kier alpha value is -1.95. The van der Waals surface area contributed by atoms with Crippen molar-refractivity contribution in [2.45, 2.75) is 20.4 Å². The Labute approximate surface area is 179 Å². The fourth-order valence-corrected chi connectivity index (χ4v) is 4.77. The Morgan fingerprint density at radius 1 is 1.07 bits per heavy atom. The molecule has 0 aromatic carbocycles. The maximum Gasteiger partial charge on any atom is 0.409 e. The average molecular weight is 441 g/mol. The van der Waals surface area contributed by atoms with Crippen LogP contribution < -0.4 is 9.62 Å². The van der Waals surface area contributed by atoms with Gasteiger partial charge in [0.15, 0.2) is 0 Å². The highest BCUT2D eigenvalue weighted by Crippen LogP contribution is 2.14. The van der Waals surface area contributed by atoms with Crippen molar-refractivity contribution < 1.29 is 17.9 Å². The number of carbonyl (C=O) groups excluding carboxylic acids is 1.